The summed E-state index contributed by atoms with van der Waals surface area (Å²) in [5.41, 5.74) is 2.75. The van der Waals surface area contributed by atoms with Crippen LogP contribution in [0.1, 0.15) is 5.56 Å². The number of aromatic nitrogens is 4. The van der Waals surface area contributed by atoms with E-state index in [1.165, 1.54) is 6.07 Å². The van der Waals surface area contributed by atoms with Crippen molar-refractivity contribution in [3.05, 3.63) is 72.4 Å². The predicted molar refractivity (Wildman–Crippen MR) is 108 cm³/mol. The first kappa shape index (κ1) is 17.3. The Bertz CT molecular complexity index is 1220. The smallest absolute Gasteiger partial charge is 0.291 e. The highest BCUT2D eigenvalue weighted by molar-refractivity contribution is 6.09. The molecule has 1 fully saturated rings. The number of urea groups is 1. The number of amides is 2. The zero-order valence-corrected chi connectivity index (χ0v) is 15.7. The van der Waals surface area contributed by atoms with Gasteiger partial charge in [0.25, 0.3) is 0 Å². The molecular weight excluding hydrogens is 371 g/mol. The summed E-state index contributed by atoms with van der Waals surface area (Å²) in [5, 5.41) is 5.14. The Balaban J connectivity index is 1.54. The number of aryl methyl sites for hydroxylation is 1. The Morgan fingerprint density at radius 2 is 1.62 bits per heavy atom. The molecule has 4 aromatic rings. The Morgan fingerprint density at radius 3 is 2.41 bits per heavy atom. The van der Waals surface area contributed by atoms with E-state index in [0.29, 0.717) is 24.7 Å². The Kier molecular flexibility index (Phi) is 3.97. The quantitative estimate of drug-likeness (QED) is 0.537. The molecule has 29 heavy (non-hydrogen) atoms. The second-order valence-corrected chi connectivity index (χ2v) is 6.86. The van der Waals surface area contributed by atoms with Gasteiger partial charge in [0.15, 0.2) is 0 Å². The first-order chi connectivity index (χ1) is 14.1. The van der Waals surface area contributed by atoms with Crippen molar-refractivity contribution in [3.8, 4) is 5.69 Å². The Hall–Kier alpha value is -3.81. The summed E-state index contributed by atoms with van der Waals surface area (Å²) < 4.78 is 15.8. The fraction of sp³-hybridized carbons (Fsp3) is 0.143. The van der Waals surface area contributed by atoms with E-state index in [1.54, 1.807) is 51.3 Å². The van der Waals surface area contributed by atoms with Crippen molar-refractivity contribution in [2.24, 2.45) is 0 Å². The molecule has 144 valence electrons. The van der Waals surface area contributed by atoms with E-state index in [1.807, 2.05) is 25.1 Å². The van der Waals surface area contributed by atoms with Crippen molar-refractivity contribution in [3.63, 3.8) is 0 Å². The summed E-state index contributed by atoms with van der Waals surface area (Å²) in [7, 11) is 0. The van der Waals surface area contributed by atoms with Crippen LogP contribution in [0.5, 0.6) is 0 Å². The first-order valence-electron chi connectivity index (χ1n) is 9.23. The van der Waals surface area contributed by atoms with Crippen LogP contribution in [0.4, 0.5) is 20.8 Å². The second-order valence-electron chi connectivity index (χ2n) is 6.86. The SMILES string of the molecule is Cc1cnc(N2CCN(c3cccc4c3cnn4-c3ccccc3F)C2=O)nc1. The van der Waals surface area contributed by atoms with Crippen LogP contribution in [-0.4, -0.2) is 38.9 Å². The summed E-state index contributed by atoms with van der Waals surface area (Å²) in [6.07, 6.45) is 5.05. The van der Waals surface area contributed by atoms with Crippen LogP contribution >= 0.6 is 0 Å². The third kappa shape index (κ3) is 2.80. The lowest BCUT2D eigenvalue weighted by Crippen LogP contribution is -2.32. The maximum atomic E-state index is 14.3. The van der Waals surface area contributed by atoms with Crippen LogP contribution in [0.3, 0.4) is 0 Å². The number of halogens is 1. The highest BCUT2D eigenvalue weighted by Crippen LogP contribution is 2.31. The van der Waals surface area contributed by atoms with Crippen molar-refractivity contribution in [2.75, 3.05) is 22.9 Å². The van der Waals surface area contributed by atoms with E-state index in [9.17, 15) is 9.18 Å². The Labute approximate surface area is 166 Å². The lowest BCUT2D eigenvalue weighted by atomic mass is 10.2. The van der Waals surface area contributed by atoms with E-state index < -0.39 is 0 Å². The topological polar surface area (TPSA) is 67.2 Å². The standard InChI is InChI=1S/C21H17FN6O/c1-14-11-23-20(24-12-14)27-10-9-26(21(27)29)17-7-4-8-18-15(17)13-25-28(18)19-6-3-2-5-16(19)22/h2-8,11-13H,9-10H2,1H3. The number of fused-ring (bicyclic) bond motifs is 1. The van der Waals surface area contributed by atoms with Gasteiger partial charge in [-0.1, -0.05) is 18.2 Å². The van der Waals surface area contributed by atoms with Crippen LogP contribution in [0, 0.1) is 12.7 Å². The van der Waals surface area contributed by atoms with Gasteiger partial charge < -0.3 is 0 Å². The molecule has 8 heteroatoms. The molecule has 0 unspecified atom stereocenters. The normalized spacial score (nSPS) is 14.2. The van der Waals surface area contributed by atoms with Crippen molar-refractivity contribution >= 4 is 28.6 Å². The molecule has 1 aliphatic rings. The molecule has 0 spiro atoms. The van der Waals surface area contributed by atoms with Crippen LogP contribution in [0.25, 0.3) is 16.6 Å². The van der Waals surface area contributed by atoms with Crippen LogP contribution in [-0.2, 0) is 0 Å². The lowest BCUT2D eigenvalue weighted by molar-refractivity contribution is 0.255. The minimum absolute atomic E-state index is 0.194. The molecule has 0 bridgehead atoms. The number of carbonyl (C=O) groups excluding carboxylic acids is 1. The van der Waals surface area contributed by atoms with Gasteiger partial charge in [-0.25, -0.2) is 23.8 Å². The molecule has 0 atom stereocenters. The summed E-state index contributed by atoms with van der Waals surface area (Å²) in [4.78, 5) is 24.8. The fourth-order valence-corrected chi connectivity index (χ4v) is 3.56. The summed E-state index contributed by atoms with van der Waals surface area (Å²) in [6, 6.07) is 11.9. The van der Waals surface area contributed by atoms with Gasteiger partial charge in [0.1, 0.15) is 11.5 Å². The molecule has 7 nitrogen and oxygen atoms in total. The Morgan fingerprint density at radius 1 is 0.897 bits per heavy atom. The van der Waals surface area contributed by atoms with Crippen LogP contribution < -0.4 is 9.80 Å². The van der Waals surface area contributed by atoms with E-state index >= 15 is 0 Å². The van der Waals surface area contributed by atoms with Gasteiger partial charge in [-0.15, -0.1) is 0 Å². The summed E-state index contributed by atoms with van der Waals surface area (Å²) in [5.74, 6) is 0.0279. The maximum absolute atomic E-state index is 14.3. The summed E-state index contributed by atoms with van der Waals surface area (Å²) >= 11 is 0. The van der Waals surface area contributed by atoms with Gasteiger partial charge in [-0.3, -0.25) is 9.80 Å². The molecule has 3 heterocycles. The van der Waals surface area contributed by atoms with E-state index in [2.05, 4.69) is 15.1 Å². The molecule has 2 aromatic carbocycles. The molecule has 0 saturated carbocycles. The maximum Gasteiger partial charge on any atom is 0.331 e. The molecule has 5 rings (SSSR count). The average Bonchev–Trinajstić information content (AvgIpc) is 3.33. The van der Waals surface area contributed by atoms with E-state index in [4.69, 9.17) is 0 Å². The molecular formula is C21H17FN6O. The molecule has 0 radical (unpaired) electrons. The van der Waals surface area contributed by atoms with Crippen molar-refractivity contribution in [1.29, 1.82) is 0 Å². The third-order valence-electron chi connectivity index (χ3n) is 4.98. The molecule has 2 aromatic heterocycles. The highest BCUT2D eigenvalue weighted by atomic mass is 19.1. The van der Waals surface area contributed by atoms with E-state index in [-0.39, 0.29) is 11.8 Å². The number of nitrogens with zero attached hydrogens (tertiary/aromatic N) is 6. The van der Waals surface area contributed by atoms with Crippen LogP contribution in [0.2, 0.25) is 0 Å². The second kappa shape index (κ2) is 6.66. The minimum atomic E-state index is -0.358. The zero-order chi connectivity index (χ0) is 20.0. The first-order valence-corrected chi connectivity index (χ1v) is 9.23. The minimum Gasteiger partial charge on any atom is -0.291 e. The number of benzene rings is 2. The fourth-order valence-electron chi connectivity index (χ4n) is 3.56. The van der Waals surface area contributed by atoms with E-state index in [0.717, 1.165) is 22.2 Å². The number of hydrogen-bond acceptors (Lipinski definition) is 4. The van der Waals surface area contributed by atoms with Gasteiger partial charge in [0.2, 0.25) is 5.95 Å². The lowest BCUT2D eigenvalue weighted by Gasteiger charge is -2.18. The molecule has 1 aliphatic heterocycles. The largest absolute Gasteiger partial charge is 0.331 e. The predicted octanol–water partition coefficient (Wildman–Crippen LogP) is 3.71. The monoisotopic (exact) mass is 388 g/mol. The number of carbonyl (C=O) groups is 1. The van der Waals surface area contributed by atoms with Gasteiger partial charge >= 0.3 is 6.03 Å². The average molecular weight is 388 g/mol. The molecule has 0 aliphatic carbocycles. The van der Waals surface area contributed by atoms with Gasteiger partial charge in [0.05, 0.1) is 17.4 Å². The van der Waals surface area contributed by atoms with Crippen molar-refractivity contribution in [1.82, 2.24) is 19.7 Å². The number of anilines is 2. The van der Waals surface area contributed by atoms with Crippen LogP contribution in [0.15, 0.2) is 61.1 Å². The molecule has 0 N–H and O–H groups in total. The van der Waals surface area contributed by atoms with Gasteiger partial charge in [-0.2, -0.15) is 5.10 Å². The summed E-state index contributed by atoms with van der Waals surface area (Å²) in [6.45, 7) is 2.88. The third-order valence-corrected chi connectivity index (χ3v) is 4.98. The number of rotatable bonds is 3. The molecule has 1 saturated heterocycles. The molecule has 2 amide bonds. The van der Waals surface area contributed by atoms with Gasteiger partial charge in [-0.05, 0) is 36.8 Å². The van der Waals surface area contributed by atoms with Crippen molar-refractivity contribution < 1.29 is 9.18 Å². The number of hydrogen-bond donors (Lipinski definition) is 0. The number of para-hydroxylation sites is 1. The zero-order valence-electron chi connectivity index (χ0n) is 15.7. The van der Waals surface area contributed by atoms with Crippen molar-refractivity contribution in [2.45, 2.75) is 6.92 Å². The highest BCUT2D eigenvalue weighted by Gasteiger charge is 2.33. The van der Waals surface area contributed by atoms with Gasteiger partial charge in [0, 0.05) is 30.9 Å².